The average molecular weight is 385 g/mol. The quantitative estimate of drug-likeness (QED) is 0.606. The van der Waals surface area contributed by atoms with Gasteiger partial charge in [-0.25, -0.2) is 0 Å². The lowest BCUT2D eigenvalue weighted by Crippen LogP contribution is -2.51. The number of halogens is 1. The van der Waals surface area contributed by atoms with E-state index < -0.39 is 8.32 Å². The molecule has 2 atom stereocenters. The van der Waals surface area contributed by atoms with Crippen LogP contribution in [0.5, 0.6) is 0 Å². The van der Waals surface area contributed by atoms with E-state index in [1.54, 1.807) is 0 Å². The lowest BCUT2D eigenvalue weighted by atomic mass is 9.84. The van der Waals surface area contributed by atoms with Crippen LogP contribution < -0.4 is 0 Å². The van der Waals surface area contributed by atoms with Crippen molar-refractivity contribution in [1.82, 2.24) is 0 Å². The Morgan fingerprint density at radius 1 is 1.32 bits per heavy atom. The Kier molecular flexibility index (Phi) is 5.28. The Morgan fingerprint density at radius 2 is 2.00 bits per heavy atom. The first-order valence-electron chi connectivity index (χ1n) is 8.14. The molecule has 0 aliphatic carbocycles. The van der Waals surface area contributed by atoms with Crippen molar-refractivity contribution in [3.63, 3.8) is 0 Å². The minimum atomic E-state index is -1.87. The van der Waals surface area contributed by atoms with E-state index in [1.165, 1.54) is 5.56 Å². The number of hydrogen-bond donors (Lipinski definition) is 0. The maximum atomic E-state index is 6.98. The van der Waals surface area contributed by atoms with Crippen LogP contribution in [0.3, 0.4) is 0 Å². The monoisotopic (exact) mass is 384 g/mol. The van der Waals surface area contributed by atoms with E-state index in [0.717, 1.165) is 23.9 Å². The predicted octanol–water partition coefficient (Wildman–Crippen LogP) is 5.87. The molecule has 124 valence electrons. The second kappa shape index (κ2) is 6.38. The standard InChI is InChI=1S/C18H29BrO2Si/c1-14-13-18(10-11-20-14,15-8-7-9-16(19)12-15)21-22(5,6)17(2,3)4/h7-9,12,14H,10-11,13H2,1-6H3. The summed E-state index contributed by atoms with van der Waals surface area (Å²) in [6, 6.07) is 8.60. The maximum absolute atomic E-state index is 6.98. The summed E-state index contributed by atoms with van der Waals surface area (Å²) in [6.07, 6.45) is 2.09. The van der Waals surface area contributed by atoms with Crippen molar-refractivity contribution >= 4 is 24.2 Å². The number of hydrogen-bond acceptors (Lipinski definition) is 2. The first-order valence-corrected chi connectivity index (χ1v) is 11.8. The topological polar surface area (TPSA) is 18.5 Å². The van der Waals surface area contributed by atoms with Gasteiger partial charge in [0.05, 0.1) is 11.7 Å². The third kappa shape index (κ3) is 3.84. The van der Waals surface area contributed by atoms with Crippen LogP contribution in [0.15, 0.2) is 28.7 Å². The molecule has 1 fully saturated rings. The Hall–Kier alpha value is -0.163. The van der Waals surface area contributed by atoms with Gasteiger partial charge in [0.1, 0.15) is 0 Å². The van der Waals surface area contributed by atoms with E-state index in [9.17, 15) is 0 Å². The van der Waals surface area contributed by atoms with Gasteiger partial charge in [0.15, 0.2) is 8.32 Å². The largest absolute Gasteiger partial charge is 0.407 e. The van der Waals surface area contributed by atoms with Gasteiger partial charge in [0.2, 0.25) is 0 Å². The number of ether oxygens (including phenoxy) is 1. The molecule has 2 unspecified atom stereocenters. The second-order valence-corrected chi connectivity index (χ2v) is 13.6. The van der Waals surface area contributed by atoms with Gasteiger partial charge in [-0.3, -0.25) is 0 Å². The van der Waals surface area contributed by atoms with E-state index in [0.29, 0.717) is 0 Å². The molecular formula is C18H29BrO2Si. The van der Waals surface area contributed by atoms with Gasteiger partial charge in [-0.05, 0) is 42.8 Å². The molecule has 4 heteroatoms. The lowest BCUT2D eigenvalue weighted by molar-refractivity contribution is -0.0931. The first kappa shape index (κ1) is 18.2. The van der Waals surface area contributed by atoms with Gasteiger partial charge in [-0.1, -0.05) is 48.8 Å². The summed E-state index contributed by atoms with van der Waals surface area (Å²) in [6.45, 7) is 14.5. The highest BCUT2D eigenvalue weighted by atomic mass is 79.9. The molecule has 0 radical (unpaired) electrons. The molecule has 2 nitrogen and oxygen atoms in total. The normalized spacial score (nSPS) is 27.0. The molecule has 2 rings (SSSR count). The van der Waals surface area contributed by atoms with E-state index in [2.05, 4.69) is 81.0 Å². The smallest absolute Gasteiger partial charge is 0.193 e. The van der Waals surface area contributed by atoms with Crippen molar-refractivity contribution in [3.8, 4) is 0 Å². The van der Waals surface area contributed by atoms with E-state index in [1.807, 2.05) is 0 Å². The van der Waals surface area contributed by atoms with Crippen molar-refractivity contribution in [3.05, 3.63) is 34.3 Å². The summed E-state index contributed by atoms with van der Waals surface area (Å²) in [4.78, 5) is 0. The van der Waals surface area contributed by atoms with Crippen LogP contribution in [-0.2, 0) is 14.8 Å². The third-order valence-corrected chi connectivity index (χ3v) is 10.1. The summed E-state index contributed by atoms with van der Waals surface area (Å²) < 4.78 is 13.9. The summed E-state index contributed by atoms with van der Waals surface area (Å²) in [7, 11) is -1.87. The average Bonchev–Trinajstić information content (AvgIpc) is 2.36. The van der Waals surface area contributed by atoms with Gasteiger partial charge < -0.3 is 9.16 Å². The Labute approximate surface area is 144 Å². The molecule has 1 aliphatic heterocycles. The summed E-state index contributed by atoms with van der Waals surface area (Å²) in [5, 5.41) is 0.202. The zero-order valence-corrected chi connectivity index (χ0v) is 17.3. The van der Waals surface area contributed by atoms with Crippen LogP contribution in [0.2, 0.25) is 18.1 Å². The van der Waals surface area contributed by atoms with Crippen molar-refractivity contribution in [2.24, 2.45) is 0 Å². The highest BCUT2D eigenvalue weighted by Crippen LogP contribution is 2.47. The minimum absolute atomic E-state index is 0.202. The molecule has 1 saturated heterocycles. The summed E-state index contributed by atoms with van der Waals surface area (Å²) in [5.74, 6) is 0. The van der Waals surface area contributed by atoms with Crippen molar-refractivity contribution in [2.45, 2.75) is 70.4 Å². The van der Waals surface area contributed by atoms with Crippen LogP contribution in [0.25, 0.3) is 0 Å². The zero-order chi connectivity index (χ0) is 16.6. The molecule has 0 aromatic heterocycles. The molecule has 1 heterocycles. The highest BCUT2D eigenvalue weighted by Gasteiger charge is 2.47. The molecule has 22 heavy (non-hydrogen) atoms. The molecule has 0 saturated carbocycles. The van der Waals surface area contributed by atoms with Crippen LogP contribution in [0.1, 0.15) is 46.1 Å². The van der Waals surface area contributed by atoms with Gasteiger partial charge in [-0.2, -0.15) is 0 Å². The van der Waals surface area contributed by atoms with Gasteiger partial charge in [0, 0.05) is 23.9 Å². The molecule has 0 spiro atoms. The van der Waals surface area contributed by atoms with Gasteiger partial charge in [0.25, 0.3) is 0 Å². The first-order chi connectivity index (χ1) is 10.1. The van der Waals surface area contributed by atoms with E-state index >= 15 is 0 Å². The predicted molar refractivity (Wildman–Crippen MR) is 98.8 cm³/mol. The summed E-state index contributed by atoms with van der Waals surface area (Å²) >= 11 is 3.61. The molecule has 0 bridgehead atoms. The van der Waals surface area contributed by atoms with Crippen molar-refractivity contribution in [1.29, 1.82) is 0 Å². The molecular weight excluding hydrogens is 356 g/mol. The van der Waals surface area contributed by atoms with Gasteiger partial charge >= 0.3 is 0 Å². The van der Waals surface area contributed by atoms with Crippen LogP contribution in [0.4, 0.5) is 0 Å². The van der Waals surface area contributed by atoms with E-state index in [-0.39, 0.29) is 16.7 Å². The lowest BCUT2D eigenvalue weighted by Gasteiger charge is -2.49. The zero-order valence-electron chi connectivity index (χ0n) is 14.7. The van der Waals surface area contributed by atoms with Crippen LogP contribution >= 0.6 is 15.9 Å². The molecule has 1 aromatic carbocycles. The van der Waals surface area contributed by atoms with Crippen LogP contribution in [0, 0.1) is 0 Å². The van der Waals surface area contributed by atoms with Crippen molar-refractivity contribution in [2.75, 3.05) is 6.61 Å². The maximum Gasteiger partial charge on any atom is 0.193 e. The third-order valence-electron chi connectivity index (χ3n) is 5.13. The fourth-order valence-electron chi connectivity index (χ4n) is 2.88. The number of benzene rings is 1. The van der Waals surface area contributed by atoms with Crippen molar-refractivity contribution < 1.29 is 9.16 Å². The van der Waals surface area contributed by atoms with Gasteiger partial charge in [-0.15, -0.1) is 0 Å². The second-order valence-electron chi connectivity index (χ2n) is 8.00. The highest BCUT2D eigenvalue weighted by molar-refractivity contribution is 9.10. The fourth-order valence-corrected chi connectivity index (χ4v) is 4.86. The fraction of sp³-hybridized carbons (Fsp3) is 0.667. The molecule has 1 aliphatic rings. The summed E-state index contributed by atoms with van der Waals surface area (Å²) in [5.41, 5.74) is 1.06. The Balaban J connectivity index is 2.43. The minimum Gasteiger partial charge on any atom is -0.407 e. The molecule has 0 amide bonds. The Morgan fingerprint density at radius 3 is 2.55 bits per heavy atom. The number of rotatable bonds is 3. The van der Waals surface area contributed by atoms with Crippen LogP contribution in [-0.4, -0.2) is 21.0 Å². The SMILES string of the molecule is CC1CC(O[Si](C)(C)C(C)(C)C)(c2cccc(Br)c2)CCO1. The molecule has 0 N–H and O–H groups in total. The molecule has 1 aromatic rings. The Bertz CT molecular complexity index is 524. The van der Waals surface area contributed by atoms with E-state index in [4.69, 9.17) is 9.16 Å².